The summed E-state index contributed by atoms with van der Waals surface area (Å²) in [7, 11) is 2.13. The number of anilines is 1. The lowest BCUT2D eigenvalue weighted by Crippen LogP contribution is -2.16. The highest BCUT2D eigenvalue weighted by molar-refractivity contribution is 5.45. The molecule has 6 nitrogen and oxygen atoms in total. The molecule has 2 aromatic heterocycles. The summed E-state index contributed by atoms with van der Waals surface area (Å²) in [4.78, 5) is 11.0. The van der Waals surface area contributed by atoms with Crippen LogP contribution in [-0.2, 0) is 19.5 Å². The van der Waals surface area contributed by atoms with Crippen LogP contribution in [0.15, 0.2) is 36.7 Å². The second-order valence-corrected chi connectivity index (χ2v) is 5.96. The van der Waals surface area contributed by atoms with Crippen molar-refractivity contribution in [2.45, 2.75) is 33.4 Å². The van der Waals surface area contributed by atoms with Crippen LogP contribution in [-0.4, -0.2) is 38.1 Å². The summed E-state index contributed by atoms with van der Waals surface area (Å²) < 4.78 is 1.74. The van der Waals surface area contributed by atoms with Crippen LogP contribution in [0.5, 0.6) is 0 Å². The van der Waals surface area contributed by atoms with Gasteiger partial charge in [0, 0.05) is 24.8 Å². The fourth-order valence-corrected chi connectivity index (χ4v) is 2.62. The molecule has 3 rings (SSSR count). The number of fused-ring (bicyclic) bond motifs is 1. The molecule has 126 valence electrons. The van der Waals surface area contributed by atoms with Crippen LogP contribution in [0.3, 0.4) is 0 Å². The largest absolute Gasteiger partial charge is 0.366 e. The normalized spacial score (nSPS) is 11.3. The van der Waals surface area contributed by atoms with E-state index < -0.39 is 0 Å². The molecular weight excluding hydrogens is 300 g/mol. The molecule has 0 aliphatic heterocycles. The second kappa shape index (κ2) is 7.40. The van der Waals surface area contributed by atoms with E-state index in [0.29, 0.717) is 5.78 Å². The van der Waals surface area contributed by atoms with Crippen LogP contribution in [0, 0.1) is 0 Å². The Balaban J connectivity index is 1.76. The number of benzene rings is 1. The minimum absolute atomic E-state index is 0.634. The number of rotatable bonds is 7. The molecule has 0 aliphatic carbocycles. The number of hydrogen-bond donors (Lipinski definition) is 1. The fraction of sp³-hybridized carbons (Fsp3) is 0.389. The molecule has 0 fully saturated rings. The van der Waals surface area contributed by atoms with E-state index in [4.69, 9.17) is 0 Å². The molecule has 0 saturated carbocycles. The predicted octanol–water partition coefficient (Wildman–Crippen LogP) is 2.75. The molecule has 1 N–H and O–H groups in total. The summed E-state index contributed by atoms with van der Waals surface area (Å²) in [6.45, 7) is 7.01. The summed E-state index contributed by atoms with van der Waals surface area (Å²) in [6.07, 6.45) is 2.41. The van der Waals surface area contributed by atoms with Crippen molar-refractivity contribution in [3.63, 3.8) is 0 Å². The molecule has 2 heterocycles. The first kappa shape index (κ1) is 16.4. The fourth-order valence-electron chi connectivity index (χ4n) is 2.62. The Bertz CT molecular complexity index is 810. The molecule has 0 spiro atoms. The Hall–Kier alpha value is -2.47. The van der Waals surface area contributed by atoms with Crippen LogP contribution in [0.2, 0.25) is 0 Å². The van der Waals surface area contributed by atoms with Crippen molar-refractivity contribution in [2.24, 2.45) is 0 Å². The molecule has 0 radical (unpaired) electrons. The third-order valence-electron chi connectivity index (χ3n) is 4.12. The van der Waals surface area contributed by atoms with Crippen LogP contribution in [0.1, 0.15) is 30.7 Å². The summed E-state index contributed by atoms with van der Waals surface area (Å²) in [5.74, 6) is 1.56. The monoisotopic (exact) mass is 324 g/mol. The number of aromatic nitrogens is 4. The van der Waals surface area contributed by atoms with Gasteiger partial charge in [0.05, 0.1) is 0 Å². The van der Waals surface area contributed by atoms with Gasteiger partial charge >= 0.3 is 0 Å². The van der Waals surface area contributed by atoms with E-state index in [1.54, 1.807) is 4.52 Å². The van der Waals surface area contributed by atoms with E-state index in [0.717, 1.165) is 37.6 Å². The zero-order valence-corrected chi connectivity index (χ0v) is 14.5. The molecule has 0 unspecified atom stereocenters. The lowest BCUT2D eigenvalue weighted by atomic mass is 10.1. The van der Waals surface area contributed by atoms with Gasteiger partial charge in [0.2, 0.25) is 0 Å². The van der Waals surface area contributed by atoms with E-state index >= 15 is 0 Å². The maximum atomic E-state index is 4.47. The van der Waals surface area contributed by atoms with Gasteiger partial charge in [-0.3, -0.25) is 0 Å². The maximum absolute atomic E-state index is 4.47. The van der Waals surface area contributed by atoms with Gasteiger partial charge in [-0.1, -0.05) is 38.1 Å². The molecule has 0 aliphatic rings. The molecule has 0 atom stereocenters. The van der Waals surface area contributed by atoms with Crippen LogP contribution < -0.4 is 5.32 Å². The minimum Gasteiger partial charge on any atom is -0.366 e. The van der Waals surface area contributed by atoms with Crippen molar-refractivity contribution in [2.75, 3.05) is 18.9 Å². The summed E-state index contributed by atoms with van der Waals surface area (Å²) in [5.41, 5.74) is 3.59. The van der Waals surface area contributed by atoms with E-state index in [-0.39, 0.29) is 0 Å². The van der Waals surface area contributed by atoms with Crippen molar-refractivity contribution in [3.8, 4) is 0 Å². The lowest BCUT2D eigenvalue weighted by molar-refractivity contribution is 0.345. The summed E-state index contributed by atoms with van der Waals surface area (Å²) >= 11 is 0. The molecule has 0 saturated heterocycles. The average molecular weight is 324 g/mol. The number of hydrogen-bond acceptors (Lipinski definition) is 5. The lowest BCUT2D eigenvalue weighted by Gasteiger charge is -2.15. The van der Waals surface area contributed by atoms with Gasteiger partial charge in [0.15, 0.2) is 0 Å². The zero-order chi connectivity index (χ0) is 16.9. The van der Waals surface area contributed by atoms with Crippen LogP contribution in [0.25, 0.3) is 5.78 Å². The Morgan fingerprint density at radius 1 is 1.17 bits per heavy atom. The molecular formula is C18H24N6. The van der Waals surface area contributed by atoms with Gasteiger partial charge < -0.3 is 10.2 Å². The third-order valence-corrected chi connectivity index (χ3v) is 4.12. The van der Waals surface area contributed by atoms with Crippen molar-refractivity contribution in [1.82, 2.24) is 24.5 Å². The SMILES string of the molecule is CCc1cc(NCc2cccc(CN(C)CC)c2)n2ncnc2n1. The highest BCUT2D eigenvalue weighted by Crippen LogP contribution is 2.14. The first-order valence-electron chi connectivity index (χ1n) is 8.39. The summed E-state index contributed by atoms with van der Waals surface area (Å²) in [5, 5.41) is 7.71. The van der Waals surface area contributed by atoms with Crippen LogP contribution >= 0.6 is 0 Å². The number of nitrogens with zero attached hydrogens (tertiary/aromatic N) is 5. The van der Waals surface area contributed by atoms with E-state index in [1.807, 2.05) is 6.07 Å². The van der Waals surface area contributed by atoms with Gasteiger partial charge in [-0.15, -0.1) is 0 Å². The Labute approximate surface area is 142 Å². The van der Waals surface area contributed by atoms with Crippen molar-refractivity contribution in [1.29, 1.82) is 0 Å². The molecule has 1 aromatic carbocycles. The van der Waals surface area contributed by atoms with Gasteiger partial charge in [-0.05, 0) is 31.1 Å². The number of nitrogens with one attached hydrogen (secondary N) is 1. The molecule has 3 aromatic rings. The van der Waals surface area contributed by atoms with E-state index in [9.17, 15) is 0 Å². The molecule has 6 heteroatoms. The summed E-state index contributed by atoms with van der Waals surface area (Å²) in [6, 6.07) is 10.7. The maximum Gasteiger partial charge on any atom is 0.254 e. The second-order valence-electron chi connectivity index (χ2n) is 5.96. The highest BCUT2D eigenvalue weighted by atomic mass is 15.3. The van der Waals surface area contributed by atoms with Gasteiger partial charge in [0.1, 0.15) is 12.1 Å². The Morgan fingerprint density at radius 2 is 2.00 bits per heavy atom. The van der Waals surface area contributed by atoms with Crippen LogP contribution in [0.4, 0.5) is 5.82 Å². The van der Waals surface area contributed by atoms with Gasteiger partial charge in [-0.25, -0.2) is 4.98 Å². The molecule has 0 amide bonds. The standard InChI is InChI=1S/C18H24N6/c1-4-16-10-17(24-18(22-16)20-13-21-24)19-11-14-7-6-8-15(9-14)12-23(3)5-2/h6-10,13,19H,4-5,11-12H2,1-3H3. The number of aryl methyl sites for hydroxylation is 1. The van der Waals surface area contributed by atoms with Gasteiger partial charge in [-0.2, -0.15) is 14.6 Å². The van der Waals surface area contributed by atoms with Crippen molar-refractivity contribution >= 4 is 11.6 Å². The van der Waals surface area contributed by atoms with E-state index in [1.165, 1.54) is 17.5 Å². The topological polar surface area (TPSA) is 58.4 Å². The van der Waals surface area contributed by atoms with Crippen molar-refractivity contribution < 1.29 is 0 Å². The smallest absolute Gasteiger partial charge is 0.254 e. The molecule has 24 heavy (non-hydrogen) atoms. The van der Waals surface area contributed by atoms with Gasteiger partial charge in [0.25, 0.3) is 5.78 Å². The zero-order valence-electron chi connectivity index (χ0n) is 14.5. The third kappa shape index (κ3) is 3.71. The minimum atomic E-state index is 0.634. The highest BCUT2D eigenvalue weighted by Gasteiger charge is 2.07. The molecule has 0 bridgehead atoms. The predicted molar refractivity (Wildman–Crippen MR) is 95.9 cm³/mol. The van der Waals surface area contributed by atoms with E-state index in [2.05, 4.69) is 70.4 Å². The average Bonchev–Trinajstić information content (AvgIpc) is 3.08. The Kier molecular flexibility index (Phi) is 5.05. The quantitative estimate of drug-likeness (QED) is 0.724. The Morgan fingerprint density at radius 3 is 2.79 bits per heavy atom. The first-order valence-corrected chi connectivity index (χ1v) is 8.39. The first-order chi connectivity index (χ1) is 11.7. The van der Waals surface area contributed by atoms with Crippen molar-refractivity contribution in [3.05, 3.63) is 53.5 Å².